The first kappa shape index (κ1) is 17.6. The summed E-state index contributed by atoms with van der Waals surface area (Å²) in [5.41, 5.74) is 0.962. The van der Waals surface area contributed by atoms with E-state index in [0.29, 0.717) is 19.8 Å². The molecule has 2 aliphatic heterocycles. The van der Waals surface area contributed by atoms with Gasteiger partial charge in [0, 0.05) is 32.7 Å². The summed E-state index contributed by atoms with van der Waals surface area (Å²) in [6.45, 7) is 6.12. The van der Waals surface area contributed by atoms with E-state index in [0.717, 1.165) is 55.2 Å². The number of carbonyl (C=O) groups is 1. The minimum absolute atomic E-state index is 0.147. The molecule has 1 amide bonds. The zero-order valence-corrected chi connectivity index (χ0v) is 16.0. The van der Waals surface area contributed by atoms with Crippen LogP contribution >= 0.6 is 11.3 Å². The summed E-state index contributed by atoms with van der Waals surface area (Å²) in [5, 5.41) is 2.04. The predicted molar refractivity (Wildman–Crippen MR) is 103 cm³/mol. The fourth-order valence-electron chi connectivity index (χ4n) is 3.68. The fourth-order valence-corrected chi connectivity index (χ4v) is 4.54. The zero-order valence-electron chi connectivity index (χ0n) is 15.1. The highest BCUT2D eigenvalue weighted by Gasteiger charge is 2.30. The molecule has 0 N–H and O–H groups in total. The third kappa shape index (κ3) is 3.67. The molecule has 0 saturated carbocycles. The Kier molecular flexibility index (Phi) is 5.33. The van der Waals surface area contributed by atoms with Crippen LogP contribution in [0.2, 0.25) is 0 Å². The number of anilines is 1. The van der Waals surface area contributed by atoms with Crippen LogP contribution in [-0.4, -0.2) is 85.2 Å². The van der Waals surface area contributed by atoms with E-state index in [4.69, 9.17) is 4.74 Å². The smallest absolute Gasteiger partial charge is 0.229 e. The molecule has 0 spiro atoms. The number of carbonyl (C=O) groups excluding carboxylic acids is 1. The van der Waals surface area contributed by atoms with Crippen molar-refractivity contribution in [2.24, 2.45) is 5.92 Å². The third-order valence-electron chi connectivity index (χ3n) is 5.17. The largest absolute Gasteiger partial charge is 0.379 e. The number of thiophene rings is 1. The summed E-state index contributed by atoms with van der Waals surface area (Å²) in [6.07, 6.45) is 2.64. The maximum absolute atomic E-state index is 13.1. The number of nitrogens with zero attached hydrogens (tertiary/aromatic N) is 5. The van der Waals surface area contributed by atoms with Gasteiger partial charge in [0.1, 0.15) is 12.1 Å². The van der Waals surface area contributed by atoms with Crippen molar-refractivity contribution in [1.82, 2.24) is 19.8 Å². The highest BCUT2D eigenvalue weighted by atomic mass is 32.1. The first-order valence-corrected chi connectivity index (χ1v) is 10.1. The van der Waals surface area contributed by atoms with Gasteiger partial charge in [-0.2, -0.15) is 0 Å². The lowest BCUT2D eigenvalue weighted by Crippen LogP contribution is -2.43. The van der Waals surface area contributed by atoms with Crippen molar-refractivity contribution >= 4 is 33.3 Å². The molecule has 1 atom stereocenters. The second kappa shape index (κ2) is 7.85. The van der Waals surface area contributed by atoms with E-state index in [1.54, 1.807) is 17.7 Å². The van der Waals surface area contributed by atoms with Crippen molar-refractivity contribution in [3.05, 3.63) is 17.8 Å². The molecule has 0 bridgehead atoms. The van der Waals surface area contributed by atoms with E-state index in [1.165, 1.54) is 0 Å². The molecule has 0 radical (unpaired) electrons. The van der Waals surface area contributed by atoms with Gasteiger partial charge >= 0.3 is 0 Å². The molecular weight excluding hydrogens is 350 g/mol. The SMILES string of the molecule is CN1CCCN(C(=O)C2COCCN(c3ncnc4ccsc34)C2)CC1. The fraction of sp³-hybridized carbons (Fsp3) is 0.611. The van der Waals surface area contributed by atoms with Gasteiger partial charge in [0.2, 0.25) is 5.91 Å². The summed E-state index contributed by atoms with van der Waals surface area (Å²) in [7, 11) is 2.12. The third-order valence-corrected chi connectivity index (χ3v) is 6.07. The van der Waals surface area contributed by atoms with Gasteiger partial charge < -0.3 is 19.4 Å². The number of ether oxygens (including phenoxy) is 1. The number of likely N-dealkylation sites (N-methyl/N-ethyl adjacent to an activating group) is 1. The molecule has 2 aromatic rings. The Balaban J connectivity index is 1.52. The number of hydrogen-bond acceptors (Lipinski definition) is 7. The minimum Gasteiger partial charge on any atom is -0.379 e. The number of fused-ring (bicyclic) bond motifs is 1. The van der Waals surface area contributed by atoms with Crippen molar-refractivity contribution in [2.45, 2.75) is 6.42 Å². The van der Waals surface area contributed by atoms with Crippen LogP contribution in [0.3, 0.4) is 0 Å². The van der Waals surface area contributed by atoms with Crippen molar-refractivity contribution in [3.8, 4) is 0 Å². The molecule has 0 aromatic carbocycles. The van der Waals surface area contributed by atoms with E-state index in [-0.39, 0.29) is 11.8 Å². The molecule has 26 heavy (non-hydrogen) atoms. The maximum Gasteiger partial charge on any atom is 0.229 e. The standard InChI is InChI=1S/C18H25N5O2S/c1-21-4-2-5-22(7-6-21)18(24)14-11-23(8-9-25-12-14)17-16-15(3-10-26-16)19-13-20-17/h3,10,13-14H,2,4-9,11-12H2,1H3. The van der Waals surface area contributed by atoms with Gasteiger partial charge in [-0.3, -0.25) is 4.79 Å². The number of rotatable bonds is 2. The summed E-state index contributed by atoms with van der Waals surface area (Å²) in [4.78, 5) is 28.5. The number of amides is 1. The van der Waals surface area contributed by atoms with Crippen LogP contribution in [0.5, 0.6) is 0 Å². The second-order valence-electron chi connectivity index (χ2n) is 7.03. The molecule has 7 nitrogen and oxygen atoms in total. The second-order valence-corrected chi connectivity index (χ2v) is 7.95. The lowest BCUT2D eigenvalue weighted by molar-refractivity contribution is -0.136. The summed E-state index contributed by atoms with van der Waals surface area (Å²) < 4.78 is 6.86. The molecule has 2 saturated heterocycles. The molecule has 140 valence electrons. The quantitative estimate of drug-likeness (QED) is 0.789. The van der Waals surface area contributed by atoms with Crippen molar-refractivity contribution in [3.63, 3.8) is 0 Å². The zero-order chi connectivity index (χ0) is 17.9. The summed E-state index contributed by atoms with van der Waals surface area (Å²) in [6, 6.07) is 2.01. The van der Waals surface area contributed by atoms with Gasteiger partial charge in [-0.05, 0) is 31.5 Å². The first-order valence-electron chi connectivity index (χ1n) is 9.20. The lowest BCUT2D eigenvalue weighted by Gasteiger charge is -2.28. The Labute approximate surface area is 157 Å². The molecule has 2 aliphatic rings. The first-order chi connectivity index (χ1) is 12.7. The average Bonchev–Trinajstić information content (AvgIpc) is 2.86. The topological polar surface area (TPSA) is 61.8 Å². The van der Waals surface area contributed by atoms with Gasteiger partial charge in [-0.15, -0.1) is 11.3 Å². The van der Waals surface area contributed by atoms with Crippen LogP contribution in [-0.2, 0) is 9.53 Å². The molecular formula is C18H25N5O2S. The number of aromatic nitrogens is 2. The van der Waals surface area contributed by atoms with Crippen LogP contribution in [0.25, 0.3) is 10.2 Å². The van der Waals surface area contributed by atoms with Crippen molar-refractivity contribution < 1.29 is 9.53 Å². The Morgan fingerprint density at radius 2 is 2.15 bits per heavy atom. The van der Waals surface area contributed by atoms with Gasteiger partial charge in [-0.25, -0.2) is 9.97 Å². The summed E-state index contributed by atoms with van der Waals surface area (Å²) >= 11 is 1.65. The Hall–Kier alpha value is -1.77. The lowest BCUT2D eigenvalue weighted by atomic mass is 10.1. The molecule has 8 heteroatoms. The maximum atomic E-state index is 13.1. The van der Waals surface area contributed by atoms with E-state index >= 15 is 0 Å². The molecule has 4 rings (SSSR count). The molecule has 0 aliphatic carbocycles. The molecule has 2 aromatic heterocycles. The minimum atomic E-state index is -0.147. The van der Waals surface area contributed by atoms with E-state index in [9.17, 15) is 4.79 Å². The highest BCUT2D eigenvalue weighted by molar-refractivity contribution is 7.17. The van der Waals surface area contributed by atoms with Crippen LogP contribution in [0.4, 0.5) is 5.82 Å². The average molecular weight is 375 g/mol. The van der Waals surface area contributed by atoms with Crippen LogP contribution in [0.1, 0.15) is 6.42 Å². The Bertz CT molecular complexity index is 767. The van der Waals surface area contributed by atoms with Crippen LogP contribution in [0.15, 0.2) is 17.8 Å². The Morgan fingerprint density at radius 3 is 3.08 bits per heavy atom. The van der Waals surface area contributed by atoms with Crippen LogP contribution < -0.4 is 4.90 Å². The summed E-state index contributed by atoms with van der Waals surface area (Å²) in [5.74, 6) is 0.985. The van der Waals surface area contributed by atoms with Crippen molar-refractivity contribution in [2.75, 3.05) is 64.4 Å². The molecule has 2 fully saturated rings. The molecule has 4 heterocycles. The van der Waals surface area contributed by atoms with Gasteiger partial charge in [-0.1, -0.05) is 0 Å². The highest BCUT2D eigenvalue weighted by Crippen LogP contribution is 2.29. The Morgan fingerprint density at radius 1 is 1.23 bits per heavy atom. The van der Waals surface area contributed by atoms with Gasteiger partial charge in [0.15, 0.2) is 0 Å². The van der Waals surface area contributed by atoms with E-state index < -0.39 is 0 Å². The van der Waals surface area contributed by atoms with Gasteiger partial charge in [0.05, 0.1) is 29.3 Å². The normalized spacial score (nSPS) is 23.0. The van der Waals surface area contributed by atoms with Gasteiger partial charge in [0.25, 0.3) is 0 Å². The van der Waals surface area contributed by atoms with Crippen molar-refractivity contribution in [1.29, 1.82) is 0 Å². The van der Waals surface area contributed by atoms with Crippen LogP contribution in [0, 0.1) is 5.92 Å². The number of hydrogen-bond donors (Lipinski definition) is 0. The van der Waals surface area contributed by atoms with E-state index in [1.807, 2.05) is 16.3 Å². The monoisotopic (exact) mass is 375 g/mol. The van der Waals surface area contributed by atoms with E-state index in [2.05, 4.69) is 26.8 Å². The molecule has 1 unspecified atom stereocenters. The predicted octanol–water partition coefficient (Wildman–Crippen LogP) is 1.31.